The number of ether oxygens (including phenoxy) is 4. The normalized spacial score (nSPS) is 11.0. The van der Waals surface area contributed by atoms with Gasteiger partial charge in [-0.15, -0.1) is 0 Å². The van der Waals surface area contributed by atoms with Crippen molar-refractivity contribution in [3.8, 4) is 28.4 Å². The standard InChI is InChI=1S/C30H30ClNO6/c1-5-35-26(33)17-24-29(30(34)36-6-2)28-23(32-24)14-15-25(38-22-9-7-8-20(31)16-22)27(28)19-10-12-21(13-11-19)37-18(3)4/h7-16,18,32H,5-6,17H2,1-4H3. The fourth-order valence-electron chi connectivity index (χ4n) is 4.24. The Hall–Kier alpha value is -3.97. The van der Waals surface area contributed by atoms with Gasteiger partial charge >= 0.3 is 11.9 Å². The van der Waals surface area contributed by atoms with Crippen LogP contribution in [0.2, 0.25) is 5.02 Å². The van der Waals surface area contributed by atoms with Crippen molar-refractivity contribution in [2.45, 2.75) is 40.2 Å². The fraction of sp³-hybridized carbons (Fsp3) is 0.267. The number of hydrogen-bond acceptors (Lipinski definition) is 6. The summed E-state index contributed by atoms with van der Waals surface area (Å²) in [7, 11) is 0. The maximum atomic E-state index is 13.3. The number of hydrogen-bond donors (Lipinski definition) is 1. The third kappa shape index (κ3) is 6.11. The molecular formula is C30H30ClNO6. The van der Waals surface area contributed by atoms with Gasteiger partial charge in [0.15, 0.2) is 0 Å². The smallest absolute Gasteiger partial charge is 0.340 e. The molecule has 4 aromatic rings. The number of fused-ring (bicyclic) bond motifs is 1. The van der Waals surface area contributed by atoms with Crippen LogP contribution in [0.3, 0.4) is 0 Å². The van der Waals surface area contributed by atoms with Crippen LogP contribution < -0.4 is 9.47 Å². The Balaban J connectivity index is 1.96. The van der Waals surface area contributed by atoms with Crippen molar-refractivity contribution in [2.75, 3.05) is 13.2 Å². The molecule has 8 heteroatoms. The number of aromatic nitrogens is 1. The highest BCUT2D eigenvalue weighted by Gasteiger charge is 2.26. The number of carbonyl (C=O) groups excluding carboxylic acids is 2. The van der Waals surface area contributed by atoms with Gasteiger partial charge in [0.1, 0.15) is 17.2 Å². The third-order valence-electron chi connectivity index (χ3n) is 5.65. The quantitative estimate of drug-likeness (QED) is 0.214. The maximum absolute atomic E-state index is 13.3. The van der Waals surface area contributed by atoms with E-state index in [9.17, 15) is 9.59 Å². The van der Waals surface area contributed by atoms with Crippen molar-refractivity contribution in [3.05, 3.63) is 76.9 Å². The molecule has 0 bridgehead atoms. The van der Waals surface area contributed by atoms with Gasteiger partial charge < -0.3 is 23.9 Å². The Bertz CT molecular complexity index is 1440. The lowest BCUT2D eigenvalue weighted by Gasteiger charge is -2.15. The summed E-state index contributed by atoms with van der Waals surface area (Å²) in [4.78, 5) is 28.9. The van der Waals surface area contributed by atoms with Crippen molar-refractivity contribution in [1.82, 2.24) is 4.98 Å². The number of benzene rings is 3. The van der Waals surface area contributed by atoms with Crippen molar-refractivity contribution in [1.29, 1.82) is 0 Å². The van der Waals surface area contributed by atoms with Crippen LogP contribution in [0.5, 0.6) is 17.2 Å². The number of esters is 2. The highest BCUT2D eigenvalue weighted by atomic mass is 35.5. The van der Waals surface area contributed by atoms with Crippen molar-refractivity contribution >= 4 is 34.4 Å². The third-order valence-corrected chi connectivity index (χ3v) is 5.88. The lowest BCUT2D eigenvalue weighted by molar-refractivity contribution is -0.142. The summed E-state index contributed by atoms with van der Waals surface area (Å²) in [5.74, 6) is 0.772. The molecule has 0 unspecified atom stereocenters. The van der Waals surface area contributed by atoms with E-state index in [4.69, 9.17) is 30.5 Å². The minimum absolute atomic E-state index is 0.0246. The van der Waals surface area contributed by atoms with Crippen molar-refractivity contribution in [2.24, 2.45) is 0 Å². The molecular weight excluding hydrogens is 506 g/mol. The molecule has 0 saturated carbocycles. The summed E-state index contributed by atoms with van der Waals surface area (Å²) < 4.78 is 22.7. The Morgan fingerprint density at radius 2 is 1.66 bits per heavy atom. The first-order valence-corrected chi connectivity index (χ1v) is 12.9. The highest BCUT2D eigenvalue weighted by molar-refractivity contribution is 6.30. The average molecular weight is 536 g/mol. The lowest BCUT2D eigenvalue weighted by atomic mass is 9.96. The molecule has 0 spiro atoms. The molecule has 0 atom stereocenters. The van der Waals surface area contributed by atoms with Crippen LogP contribution in [0, 0.1) is 0 Å². The molecule has 4 rings (SSSR count). The molecule has 38 heavy (non-hydrogen) atoms. The zero-order valence-corrected chi connectivity index (χ0v) is 22.6. The summed E-state index contributed by atoms with van der Waals surface area (Å²) in [5, 5.41) is 1.12. The molecule has 7 nitrogen and oxygen atoms in total. The van der Waals surface area contributed by atoms with Gasteiger partial charge in [-0.25, -0.2) is 4.79 Å². The molecule has 1 aromatic heterocycles. The highest BCUT2D eigenvalue weighted by Crippen LogP contribution is 2.43. The monoisotopic (exact) mass is 535 g/mol. The molecule has 0 aliphatic carbocycles. The number of carbonyl (C=O) groups is 2. The number of aromatic amines is 1. The van der Waals surface area contributed by atoms with E-state index in [2.05, 4.69) is 4.98 Å². The van der Waals surface area contributed by atoms with Crippen LogP contribution in [0.1, 0.15) is 43.7 Å². The van der Waals surface area contributed by atoms with Crippen LogP contribution in [0.25, 0.3) is 22.0 Å². The number of rotatable bonds is 10. The van der Waals surface area contributed by atoms with Gasteiger partial charge in [0.25, 0.3) is 0 Å². The summed E-state index contributed by atoms with van der Waals surface area (Å²) in [6.45, 7) is 7.81. The van der Waals surface area contributed by atoms with E-state index in [1.165, 1.54) is 0 Å². The van der Waals surface area contributed by atoms with E-state index < -0.39 is 11.9 Å². The Labute approximate surface area is 226 Å². The van der Waals surface area contributed by atoms with Crippen LogP contribution in [-0.2, 0) is 20.7 Å². The molecule has 0 radical (unpaired) electrons. The molecule has 0 aliphatic heterocycles. The summed E-state index contributed by atoms with van der Waals surface area (Å²) in [6.07, 6.45) is -0.0848. The lowest BCUT2D eigenvalue weighted by Crippen LogP contribution is -2.13. The van der Waals surface area contributed by atoms with E-state index >= 15 is 0 Å². The van der Waals surface area contributed by atoms with Gasteiger partial charge in [-0.05, 0) is 75.7 Å². The Morgan fingerprint density at radius 3 is 2.32 bits per heavy atom. The SMILES string of the molecule is CCOC(=O)Cc1[nH]c2ccc(Oc3cccc(Cl)c3)c(-c3ccc(OC(C)C)cc3)c2c1C(=O)OCC. The van der Waals surface area contributed by atoms with Crippen molar-refractivity contribution < 1.29 is 28.5 Å². The number of nitrogens with one attached hydrogen (secondary N) is 1. The predicted molar refractivity (Wildman–Crippen MR) is 147 cm³/mol. The number of H-pyrrole nitrogens is 1. The van der Waals surface area contributed by atoms with Crippen LogP contribution in [0.4, 0.5) is 0 Å². The molecule has 0 saturated heterocycles. The first kappa shape index (κ1) is 27.1. The molecule has 0 aliphatic rings. The van der Waals surface area contributed by atoms with Gasteiger partial charge in [0, 0.05) is 27.2 Å². The van der Waals surface area contributed by atoms with Gasteiger partial charge in [-0.3, -0.25) is 4.79 Å². The maximum Gasteiger partial charge on any atom is 0.340 e. The molecule has 0 amide bonds. The minimum Gasteiger partial charge on any atom is -0.491 e. The first-order chi connectivity index (χ1) is 18.3. The second-order valence-corrected chi connectivity index (χ2v) is 9.23. The van der Waals surface area contributed by atoms with Crippen LogP contribution in [0.15, 0.2) is 60.7 Å². The van der Waals surface area contributed by atoms with Gasteiger partial charge in [-0.1, -0.05) is 29.8 Å². The van der Waals surface area contributed by atoms with Crippen LogP contribution >= 0.6 is 11.6 Å². The Kier molecular flexibility index (Phi) is 8.59. The summed E-state index contributed by atoms with van der Waals surface area (Å²) in [6, 6.07) is 18.3. The largest absolute Gasteiger partial charge is 0.491 e. The van der Waals surface area contributed by atoms with E-state index in [0.717, 1.165) is 11.3 Å². The predicted octanol–water partition coefficient (Wildman–Crippen LogP) is 7.35. The van der Waals surface area contributed by atoms with Crippen molar-refractivity contribution in [3.63, 3.8) is 0 Å². The van der Waals surface area contributed by atoms with E-state index in [1.54, 1.807) is 38.1 Å². The Morgan fingerprint density at radius 1 is 0.921 bits per heavy atom. The van der Waals surface area contributed by atoms with E-state index in [1.807, 2.05) is 50.2 Å². The second-order valence-electron chi connectivity index (χ2n) is 8.79. The molecule has 0 fully saturated rings. The van der Waals surface area contributed by atoms with Gasteiger partial charge in [-0.2, -0.15) is 0 Å². The summed E-state index contributed by atoms with van der Waals surface area (Å²) in [5.41, 5.74) is 2.79. The zero-order valence-electron chi connectivity index (χ0n) is 21.8. The summed E-state index contributed by atoms with van der Waals surface area (Å²) >= 11 is 6.20. The topological polar surface area (TPSA) is 86.9 Å². The van der Waals surface area contributed by atoms with Gasteiger partial charge in [0.05, 0.1) is 31.3 Å². The van der Waals surface area contributed by atoms with Gasteiger partial charge in [0.2, 0.25) is 0 Å². The fourth-order valence-corrected chi connectivity index (χ4v) is 4.42. The molecule has 198 valence electrons. The zero-order chi connectivity index (χ0) is 27.2. The average Bonchev–Trinajstić information content (AvgIpc) is 3.22. The van der Waals surface area contributed by atoms with Crippen LogP contribution in [-0.4, -0.2) is 36.2 Å². The van der Waals surface area contributed by atoms with E-state index in [-0.39, 0.29) is 31.3 Å². The molecule has 1 heterocycles. The molecule has 3 aromatic carbocycles. The second kappa shape index (κ2) is 12.0. The number of halogens is 1. The minimum atomic E-state index is -0.543. The molecule has 1 N–H and O–H groups in total. The van der Waals surface area contributed by atoms with E-state index in [0.29, 0.717) is 38.7 Å². The first-order valence-electron chi connectivity index (χ1n) is 12.5.